The smallest absolute Gasteiger partial charge is 0.211 e. The third kappa shape index (κ3) is 1.43. The summed E-state index contributed by atoms with van der Waals surface area (Å²) in [5.74, 6) is 0. The first kappa shape index (κ1) is 1.72. The Morgan fingerprint density at radius 3 is 3.25 bits per heavy atom. The summed E-state index contributed by atoms with van der Waals surface area (Å²) in [6.07, 6.45) is 0.597. The SMILES string of the molecule is [2H]N=COO. The zero-order valence-electron chi connectivity index (χ0n) is 2.88. The predicted octanol–water partition coefficient (Wildman–Crippen LogP) is 0.0831. The van der Waals surface area contributed by atoms with Crippen molar-refractivity contribution in [1.29, 1.82) is 5.40 Å². The molecule has 3 heteroatoms. The molecule has 24 valence electrons. The number of nitrogens with one attached hydrogen (secondary N) is 1. The van der Waals surface area contributed by atoms with Gasteiger partial charge in [0.1, 0.15) is 0 Å². The highest BCUT2D eigenvalue weighted by molar-refractivity contribution is 5.39. The van der Waals surface area contributed by atoms with Gasteiger partial charge >= 0.3 is 0 Å². The van der Waals surface area contributed by atoms with Crippen molar-refractivity contribution in [3.05, 3.63) is 0 Å². The van der Waals surface area contributed by atoms with Crippen LogP contribution >= 0.6 is 0 Å². The minimum absolute atomic E-state index is 0.597. The molecule has 0 bridgehead atoms. The number of hydrogen-bond acceptors (Lipinski definition) is 3. The Kier molecular flexibility index (Phi) is 1.05. The second-order valence-electron chi connectivity index (χ2n) is 0.211. The van der Waals surface area contributed by atoms with Gasteiger partial charge in [0, 0.05) is 0 Å². The van der Waals surface area contributed by atoms with Gasteiger partial charge in [-0.25, -0.2) is 5.26 Å². The van der Waals surface area contributed by atoms with Crippen LogP contribution in [0.3, 0.4) is 0 Å². The summed E-state index contributed by atoms with van der Waals surface area (Å²) in [4.78, 5) is 3.21. The maximum atomic E-state index is 7.30. The summed E-state index contributed by atoms with van der Waals surface area (Å²) in [5, 5.41) is 9.80. The van der Waals surface area contributed by atoms with E-state index in [4.69, 9.17) is 6.67 Å². The van der Waals surface area contributed by atoms with Crippen LogP contribution in [0.5, 0.6) is 0 Å². The summed E-state index contributed by atoms with van der Waals surface area (Å²) in [5.41, 5.74) is 0. The van der Waals surface area contributed by atoms with Gasteiger partial charge < -0.3 is 4.89 Å². The topological polar surface area (TPSA) is 53.3 Å². The Morgan fingerprint density at radius 1 is 2.50 bits per heavy atom. The molecule has 4 heavy (non-hydrogen) atoms. The van der Waals surface area contributed by atoms with E-state index in [1.165, 1.54) is 0 Å². The zero-order valence-corrected chi connectivity index (χ0v) is 1.88. The molecule has 2 N–H and O–H groups in total. The van der Waals surface area contributed by atoms with E-state index >= 15 is 0 Å². The molecule has 0 saturated carbocycles. The fourth-order valence-electron chi connectivity index (χ4n) is 0. The van der Waals surface area contributed by atoms with E-state index in [1.54, 1.807) is 0 Å². The van der Waals surface area contributed by atoms with E-state index in [-0.39, 0.29) is 0 Å². The monoisotopic (exact) mass is 62.0 g/mol. The molecule has 0 rings (SSSR count). The van der Waals surface area contributed by atoms with Gasteiger partial charge in [-0.3, -0.25) is 5.40 Å². The highest BCUT2D eigenvalue weighted by atomic mass is 17.1. The lowest BCUT2D eigenvalue weighted by atomic mass is 11.6. The van der Waals surface area contributed by atoms with E-state index in [2.05, 4.69) is 10.3 Å². The third-order valence-corrected chi connectivity index (χ3v) is 0.0471. The normalized spacial score (nSPS) is 11.8. The molecule has 0 unspecified atom stereocenters. The molecule has 0 aromatic heterocycles. The van der Waals surface area contributed by atoms with E-state index in [0.717, 1.165) is 0 Å². The van der Waals surface area contributed by atoms with Crippen molar-refractivity contribution in [3.8, 4) is 0 Å². The molecular weight excluding hydrogens is 58.0 g/mol. The van der Waals surface area contributed by atoms with Gasteiger partial charge in [-0.05, 0) is 0 Å². The summed E-state index contributed by atoms with van der Waals surface area (Å²) in [6.45, 7) is 0. The molecule has 0 aliphatic rings. The second-order valence-corrected chi connectivity index (χ2v) is 0.211. The van der Waals surface area contributed by atoms with Crippen LogP contribution < -0.4 is 0 Å². The third-order valence-electron chi connectivity index (χ3n) is 0.0471. The number of rotatable bonds is 1. The molecule has 0 aliphatic carbocycles. The second kappa shape index (κ2) is 2.43. The van der Waals surface area contributed by atoms with Crippen molar-refractivity contribution in [2.45, 2.75) is 0 Å². The summed E-state index contributed by atoms with van der Waals surface area (Å²) in [6, 6.07) is 0. The largest absolute Gasteiger partial charge is 0.328 e. The molecule has 0 spiro atoms. The Balaban J connectivity index is 2.62. The van der Waals surface area contributed by atoms with Gasteiger partial charge in [-0.2, -0.15) is 0 Å². The van der Waals surface area contributed by atoms with E-state index in [9.17, 15) is 0 Å². The lowest BCUT2D eigenvalue weighted by Crippen LogP contribution is -1.68. The van der Waals surface area contributed by atoms with Crippen molar-refractivity contribution < 1.29 is 11.6 Å². The highest BCUT2D eigenvalue weighted by Crippen LogP contribution is 1.35. The van der Waals surface area contributed by atoms with E-state index < -0.39 is 0 Å². The van der Waals surface area contributed by atoms with Gasteiger partial charge in [0.2, 0.25) is 6.40 Å². The average Bonchev–Trinajstić information content (AvgIpc) is 1.41. The molecule has 0 aliphatic heterocycles. The van der Waals surface area contributed by atoms with Crippen LogP contribution in [-0.4, -0.2) is 11.7 Å². The maximum absolute atomic E-state index is 7.30. The quantitative estimate of drug-likeness (QED) is 0.195. The van der Waals surface area contributed by atoms with Crippen LogP contribution in [0.2, 0.25) is 1.41 Å². The van der Waals surface area contributed by atoms with Crippen LogP contribution in [0, 0.1) is 5.40 Å². The van der Waals surface area contributed by atoms with Crippen LogP contribution in [-0.2, 0) is 4.89 Å². The Morgan fingerprint density at radius 2 is 3.25 bits per heavy atom. The van der Waals surface area contributed by atoms with Crippen molar-refractivity contribution in [2.24, 2.45) is 0 Å². The fraction of sp³-hybridized carbons (Fsp3) is 0. The van der Waals surface area contributed by atoms with E-state index in [1.807, 2.05) is 0 Å². The minimum atomic E-state index is 0.597. The van der Waals surface area contributed by atoms with Gasteiger partial charge in [0.05, 0.1) is 0 Å². The fourth-order valence-corrected chi connectivity index (χ4v) is 0. The first-order valence-corrected chi connectivity index (χ1v) is 0.676. The van der Waals surface area contributed by atoms with Gasteiger partial charge in [0.25, 0.3) is 0 Å². The molecule has 0 radical (unpaired) electrons. The van der Waals surface area contributed by atoms with Crippen LogP contribution in [0.25, 0.3) is 0 Å². The van der Waals surface area contributed by atoms with Gasteiger partial charge in [-0.15, -0.1) is 0 Å². The molecule has 0 heterocycles. The molecule has 0 amide bonds. The van der Waals surface area contributed by atoms with Gasteiger partial charge in [-0.1, -0.05) is 0 Å². The predicted molar refractivity (Wildman–Crippen MR) is 12.5 cm³/mol. The lowest BCUT2D eigenvalue weighted by Gasteiger charge is -1.67. The summed E-state index contributed by atoms with van der Waals surface area (Å²) in [7, 11) is 0. The molecule has 0 aromatic rings. The van der Waals surface area contributed by atoms with Crippen molar-refractivity contribution >= 4 is 6.40 Å². The molecular formula is CH3NO2. The zero-order chi connectivity index (χ0) is 4.12. The standard InChI is InChI=1S/CH3NO2/c2-1-4-3/h1-3H/i/hD. The minimum Gasteiger partial charge on any atom is -0.328 e. The Labute approximate surface area is 24.7 Å². The van der Waals surface area contributed by atoms with Crippen molar-refractivity contribution in [3.63, 3.8) is 0 Å². The first-order valence-electron chi connectivity index (χ1n) is 1.12. The molecule has 0 aromatic carbocycles. The Hall–Kier alpha value is -0.570. The Bertz CT molecular complexity index is 36.6. The van der Waals surface area contributed by atoms with Crippen molar-refractivity contribution in [2.75, 3.05) is 0 Å². The molecule has 0 saturated heterocycles. The van der Waals surface area contributed by atoms with Crippen LogP contribution in [0.15, 0.2) is 0 Å². The summed E-state index contributed by atoms with van der Waals surface area (Å²) >= 11 is 0. The maximum Gasteiger partial charge on any atom is 0.211 e. The average molecular weight is 62.0 g/mol. The van der Waals surface area contributed by atoms with Crippen molar-refractivity contribution in [1.82, 2.24) is 0 Å². The molecule has 3 nitrogen and oxygen atoms in total. The molecule has 0 atom stereocenters. The lowest BCUT2D eigenvalue weighted by molar-refractivity contribution is -0.148. The molecule has 0 fully saturated rings. The van der Waals surface area contributed by atoms with Gasteiger partial charge in [0.15, 0.2) is 1.41 Å². The summed E-state index contributed by atoms with van der Waals surface area (Å²) < 4.78 is 5.89. The first-order chi connectivity index (χ1) is 2.41. The number of hydrogen-bond donors (Lipinski definition) is 2. The highest BCUT2D eigenvalue weighted by Gasteiger charge is 1.41. The van der Waals surface area contributed by atoms with Crippen LogP contribution in [0.4, 0.5) is 0 Å². The van der Waals surface area contributed by atoms with E-state index in [0.29, 0.717) is 6.40 Å². The van der Waals surface area contributed by atoms with Crippen LogP contribution in [0.1, 0.15) is 0 Å².